The van der Waals surface area contributed by atoms with Crippen molar-refractivity contribution in [2.45, 2.75) is 46.1 Å². The molecule has 36 heavy (non-hydrogen) atoms. The summed E-state index contributed by atoms with van der Waals surface area (Å²) in [6.45, 7) is 8.61. The number of nitrogens with one attached hydrogen (secondary N) is 1. The van der Waals surface area contributed by atoms with Crippen molar-refractivity contribution in [3.8, 4) is 5.69 Å². The van der Waals surface area contributed by atoms with Gasteiger partial charge in [0.05, 0.1) is 17.8 Å². The van der Waals surface area contributed by atoms with Crippen LogP contribution in [0.3, 0.4) is 0 Å². The monoisotopic (exact) mass is 500 g/mol. The molecule has 0 atom stereocenters. The number of aryl methyl sites for hydroxylation is 1. The standard InChI is InChI=1S/C29H32N4O2S/c1-21-12-14-23(15-13-21)33-26(18-25(31-33)29(2,3)4)30-27(34)20-32(19-22-9-6-5-7-10-22)28(35)17-24-11-8-16-36-24/h5-16,18H,17,19-20H2,1-4H3,(H,30,34). The molecular formula is C29H32N4O2S. The average molecular weight is 501 g/mol. The molecule has 0 spiro atoms. The van der Waals surface area contributed by atoms with Gasteiger partial charge in [0.1, 0.15) is 12.4 Å². The van der Waals surface area contributed by atoms with E-state index in [-0.39, 0.29) is 30.2 Å². The summed E-state index contributed by atoms with van der Waals surface area (Å²) < 4.78 is 1.76. The number of rotatable bonds is 8. The SMILES string of the molecule is Cc1ccc(-n2nc(C(C)(C)C)cc2NC(=O)CN(Cc2ccccc2)C(=O)Cc2cccs2)cc1. The van der Waals surface area contributed by atoms with Gasteiger partial charge in [-0.2, -0.15) is 5.10 Å². The topological polar surface area (TPSA) is 67.2 Å². The largest absolute Gasteiger partial charge is 0.329 e. The highest BCUT2D eigenvalue weighted by molar-refractivity contribution is 7.10. The predicted molar refractivity (Wildman–Crippen MR) is 146 cm³/mol. The molecule has 0 fully saturated rings. The molecule has 0 aliphatic rings. The minimum atomic E-state index is -0.265. The van der Waals surface area contributed by atoms with Crippen LogP contribution < -0.4 is 5.32 Å². The number of anilines is 1. The van der Waals surface area contributed by atoms with Crippen molar-refractivity contribution in [1.82, 2.24) is 14.7 Å². The summed E-state index contributed by atoms with van der Waals surface area (Å²) in [6.07, 6.45) is 0.271. The molecule has 4 rings (SSSR count). The second kappa shape index (κ2) is 10.9. The number of hydrogen-bond acceptors (Lipinski definition) is 4. The maximum atomic E-state index is 13.3. The van der Waals surface area contributed by atoms with Crippen LogP contribution in [-0.2, 0) is 28.0 Å². The van der Waals surface area contributed by atoms with E-state index >= 15 is 0 Å². The number of carbonyl (C=O) groups is 2. The van der Waals surface area contributed by atoms with Crippen molar-refractivity contribution in [2.75, 3.05) is 11.9 Å². The zero-order chi connectivity index (χ0) is 25.7. The minimum Gasteiger partial charge on any atom is -0.329 e. The highest BCUT2D eigenvalue weighted by Gasteiger charge is 2.23. The number of thiophene rings is 1. The van der Waals surface area contributed by atoms with E-state index in [1.54, 1.807) is 20.9 Å². The van der Waals surface area contributed by atoms with Gasteiger partial charge in [0, 0.05) is 22.9 Å². The van der Waals surface area contributed by atoms with Crippen LogP contribution in [0.25, 0.3) is 5.69 Å². The van der Waals surface area contributed by atoms with Gasteiger partial charge < -0.3 is 10.2 Å². The molecular weight excluding hydrogens is 468 g/mol. The van der Waals surface area contributed by atoms with Crippen molar-refractivity contribution in [1.29, 1.82) is 0 Å². The Balaban J connectivity index is 1.57. The summed E-state index contributed by atoms with van der Waals surface area (Å²) in [7, 11) is 0. The van der Waals surface area contributed by atoms with Crippen LogP contribution >= 0.6 is 11.3 Å². The summed E-state index contributed by atoms with van der Waals surface area (Å²) in [4.78, 5) is 29.1. The zero-order valence-corrected chi connectivity index (χ0v) is 22.0. The number of nitrogens with zero attached hydrogens (tertiary/aromatic N) is 3. The Morgan fingerprint density at radius 1 is 1.00 bits per heavy atom. The Morgan fingerprint density at radius 3 is 2.36 bits per heavy atom. The summed E-state index contributed by atoms with van der Waals surface area (Å²) in [5, 5.41) is 9.76. The maximum absolute atomic E-state index is 13.3. The van der Waals surface area contributed by atoms with Crippen molar-refractivity contribution in [3.63, 3.8) is 0 Å². The molecule has 7 heteroatoms. The summed E-state index contributed by atoms with van der Waals surface area (Å²) in [5.74, 6) is 0.234. The smallest absolute Gasteiger partial charge is 0.245 e. The van der Waals surface area contributed by atoms with Gasteiger partial charge in [0.15, 0.2) is 0 Å². The molecule has 6 nitrogen and oxygen atoms in total. The van der Waals surface area contributed by atoms with E-state index in [0.29, 0.717) is 12.4 Å². The molecule has 0 saturated carbocycles. The molecule has 0 saturated heterocycles. The number of aromatic nitrogens is 2. The summed E-state index contributed by atoms with van der Waals surface area (Å²) >= 11 is 1.54. The fourth-order valence-electron chi connectivity index (χ4n) is 3.79. The molecule has 0 aliphatic carbocycles. The lowest BCUT2D eigenvalue weighted by Crippen LogP contribution is -2.38. The van der Waals surface area contributed by atoms with E-state index in [4.69, 9.17) is 5.10 Å². The van der Waals surface area contributed by atoms with Crippen LogP contribution in [0.4, 0.5) is 5.82 Å². The van der Waals surface area contributed by atoms with Gasteiger partial charge >= 0.3 is 0 Å². The summed E-state index contributed by atoms with van der Waals surface area (Å²) in [6, 6.07) is 23.5. The lowest BCUT2D eigenvalue weighted by atomic mass is 9.92. The average Bonchev–Trinajstić information content (AvgIpc) is 3.50. The lowest BCUT2D eigenvalue weighted by molar-refractivity contribution is -0.134. The molecule has 2 aromatic heterocycles. The zero-order valence-electron chi connectivity index (χ0n) is 21.2. The highest BCUT2D eigenvalue weighted by Crippen LogP contribution is 2.26. The van der Waals surface area contributed by atoms with Gasteiger partial charge in [-0.05, 0) is 36.1 Å². The first-order valence-corrected chi connectivity index (χ1v) is 12.9. The molecule has 2 aromatic carbocycles. The Bertz CT molecular complexity index is 1300. The molecule has 0 unspecified atom stereocenters. The van der Waals surface area contributed by atoms with E-state index in [1.165, 1.54) is 0 Å². The molecule has 2 amide bonds. The third kappa shape index (κ3) is 6.49. The van der Waals surface area contributed by atoms with Crippen LogP contribution in [0, 0.1) is 6.92 Å². The van der Waals surface area contributed by atoms with E-state index < -0.39 is 0 Å². The predicted octanol–water partition coefficient (Wildman–Crippen LogP) is 5.75. The van der Waals surface area contributed by atoms with Gasteiger partial charge in [-0.25, -0.2) is 4.68 Å². The van der Waals surface area contributed by atoms with Gasteiger partial charge in [0.25, 0.3) is 0 Å². The Labute approximate surface area is 216 Å². The highest BCUT2D eigenvalue weighted by atomic mass is 32.1. The molecule has 0 bridgehead atoms. The van der Waals surface area contributed by atoms with E-state index in [2.05, 4.69) is 26.1 Å². The number of hydrogen-bond donors (Lipinski definition) is 1. The number of benzene rings is 2. The minimum absolute atomic E-state index is 0.0525. The summed E-state index contributed by atoms with van der Waals surface area (Å²) in [5.41, 5.74) is 3.67. The van der Waals surface area contributed by atoms with Crippen LogP contribution in [0.1, 0.15) is 42.5 Å². The molecule has 186 valence electrons. The normalized spacial score (nSPS) is 11.3. The van der Waals surface area contributed by atoms with Crippen LogP contribution in [0.2, 0.25) is 0 Å². The second-order valence-corrected chi connectivity index (χ2v) is 11.0. The molecule has 0 radical (unpaired) electrons. The third-order valence-electron chi connectivity index (χ3n) is 5.83. The van der Waals surface area contributed by atoms with Crippen molar-refractivity contribution in [3.05, 3.63) is 99.9 Å². The Kier molecular flexibility index (Phi) is 7.70. The Morgan fingerprint density at radius 2 is 1.72 bits per heavy atom. The second-order valence-electron chi connectivity index (χ2n) is 9.95. The maximum Gasteiger partial charge on any atom is 0.245 e. The van der Waals surface area contributed by atoms with Crippen molar-refractivity contribution < 1.29 is 9.59 Å². The van der Waals surface area contributed by atoms with Crippen molar-refractivity contribution in [2.24, 2.45) is 0 Å². The van der Waals surface area contributed by atoms with Gasteiger partial charge in [-0.1, -0.05) is 74.9 Å². The van der Waals surface area contributed by atoms with Gasteiger partial charge in [-0.15, -0.1) is 11.3 Å². The first-order chi connectivity index (χ1) is 17.2. The fourth-order valence-corrected chi connectivity index (χ4v) is 4.48. The van der Waals surface area contributed by atoms with E-state index in [1.807, 2.05) is 85.1 Å². The van der Waals surface area contributed by atoms with Gasteiger partial charge in [-0.3, -0.25) is 9.59 Å². The van der Waals surface area contributed by atoms with Crippen molar-refractivity contribution >= 4 is 29.0 Å². The molecule has 1 N–H and O–H groups in total. The lowest BCUT2D eigenvalue weighted by Gasteiger charge is -2.22. The van der Waals surface area contributed by atoms with E-state index in [9.17, 15) is 9.59 Å². The van der Waals surface area contributed by atoms with E-state index in [0.717, 1.165) is 27.4 Å². The molecule has 0 aliphatic heterocycles. The third-order valence-corrected chi connectivity index (χ3v) is 6.71. The van der Waals surface area contributed by atoms with Crippen LogP contribution in [0.5, 0.6) is 0 Å². The van der Waals surface area contributed by atoms with Crippen LogP contribution in [-0.4, -0.2) is 33.0 Å². The first-order valence-electron chi connectivity index (χ1n) is 12.0. The van der Waals surface area contributed by atoms with Crippen LogP contribution in [0.15, 0.2) is 78.2 Å². The number of carbonyl (C=O) groups excluding carboxylic acids is 2. The molecule has 4 aromatic rings. The fraction of sp³-hybridized carbons (Fsp3) is 0.276. The Hall–Kier alpha value is -3.71. The molecule has 2 heterocycles. The first kappa shape index (κ1) is 25.4. The number of amides is 2. The van der Waals surface area contributed by atoms with Gasteiger partial charge in [0.2, 0.25) is 11.8 Å². The quantitative estimate of drug-likeness (QED) is 0.335.